The molecular formula is C19H35FN2O5S. The number of halogens is 1. The lowest BCUT2D eigenvalue weighted by Crippen LogP contribution is -2.65. The minimum Gasteiger partial charge on any atom is -0.388 e. The van der Waals surface area contributed by atoms with Gasteiger partial charge >= 0.3 is 0 Å². The number of hydrogen-bond acceptors (Lipinski definition) is 7. The lowest BCUT2D eigenvalue weighted by molar-refractivity contribution is -0.208. The lowest BCUT2D eigenvalue weighted by atomic mass is 9.84. The first-order valence-electron chi connectivity index (χ1n) is 10.1. The van der Waals surface area contributed by atoms with Gasteiger partial charge in [0.1, 0.15) is 35.5 Å². The minimum atomic E-state index is -1.37. The summed E-state index contributed by atoms with van der Waals surface area (Å²) in [5.74, 6) is -0.448. The van der Waals surface area contributed by atoms with E-state index in [4.69, 9.17) is 4.74 Å². The fraction of sp³-hybridized carbons (Fsp3) is 0.947. The molecule has 5 N–H and O–H groups in total. The number of hydrogen-bond donors (Lipinski definition) is 5. The number of thioether (sulfide) groups is 1. The summed E-state index contributed by atoms with van der Waals surface area (Å²) < 4.78 is 20.8. The number of ether oxygens (including phenoxy) is 1. The van der Waals surface area contributed by atoms with Gasteiger partial charge in [-0.15, -0.1) is 11.8 Å². The SMILES string of the molecule is CCCC1(F)CCNC(C(=O)NC(C(C)C)C2OC(SC)C(O)C(O)C2O)C1. The highest BCUT2D eigenvalue weighted by molar-refractivity contribution is 7.99. The first-order valence-corrected chi connectivity index (χ1v) is 11.4. The van der Waals surface area contributed by atoms with E-state index in [-0.39, 0.29) is 18.2 Å². The molecule has 2 fully saturated rings. The van der Waals surface area contributed by atoms with Gasteiger partial charge in [0.25, 0.3) is 0 Å². The molecule has 0 spiro atoms. The molecule has 7 nitrogen and oxygen atoms in total. The summed E-state index contributed by atoms with van der Waals surface area (Å²) in [4.78, 5) is 12.9. The van der Waals surface area contributed by atoms with Gasteiger partial charge < -0.3 is 30.7 Å². The van der Waals surface area contributed by atoms with Crippen LogP contribution in [0.2, 0.25) is 0 Å². The van der Waals surface area contributed by atoms with Gasteiger partial charge in [-0.25, -0.2) is 4.39 Å². The summed E-state index contributed by atoms with van der Waals surface area (Å²) in [6.45, 7) is 6.11. The van der Waals surface area contributed by atoms with Gasteiger partial charge in [-0.1, -0.05) is 27.2 Å². The van der Waals surface area contributed by atoms with Gasteiger partial charge in [-0.2, -0.15) is 0 Å². The number of carbonyl (C=O) groups is 1. The van der Waals surface area contributed by atoms with E-state index < -0.39 is 47.6 Å². The Bertz CT molecular complexity index is 523. The van der Waals surface area contributed by atoms with Gasteiger partial charge in [-0.05, 0) is 31.6 Å². The van der Waals surface area contributed by atoms with Crippen LogP contribution < -0.4 is 10.6 Å². The fourth-order valence-corrected chi connectivity index (χ4v) is 4.81. The van der Waals surface area contributed by atoms with Crippen LogP contribution in [0.1, 0.15) is 46.5 Å². The number of amides is 1. The highest BCUT2D eigenvalue weighted by Crippen LogP contribution is 2.32. The van der Waals surface area contributed by atoms with E-state index in [9.17, 15) is 24.5 Å². The highest BCUT2D eigenvalue weighted by Gasteiger charge is 2.48. The van der Waals surface area contributed by atoms with Crippen molar-refractivity contribution in [3.8, 4) is 0 Å². The molecule has 0 radical (unpaired) electrons. The Morgan fingerprint density at radius 1 is 1.32 bits per heavy atom. The molecule has 0 aliphatic carbocycles. The summed E-state index contributed by atoms with van der Waals surface area (Å²) in [6.07, 6.45) is -1.43. The van der Waals surface area contributed by atoms with Crippen molar-refractivity contribution in [2.24, 2.45) is 5.92 Å². The Hall–Kier alpha value is -0.450. The highest BCUT2D eigenvalue weighted by atomic mass is 32.2. The first kappa shape index (κ1) is 23.8. The van der Waals surface area contributed by atoms with E-state index in [1.165, 1.54) is 11.8 Å². The van der Waals surface area contributed by atoms with E-state index in [1.807, 2.05) is 20.8 Å². The quantitative estimate of drug-likeness (QED) is 0.408. The Balaban J connectivity index is 2.10. The second-order valence-corrected chi connectivity index (χ2v) is 9.25. The molecule has 0 aromatic carbocycles. The van der Waals surface area contributed by atoms with Crippen molar-refractivity contribution in [2.45, 2.75) is 94.1 Å². The molecule has 164 valence electrons. The molecule has 28 heavy (non-hydrogen) atoms. The second kappa shape index (κ2) is 10.0. The van der Waals surface area contributed by atoms with Crippen molar-refractivity contribution in [2.75, 3.05) is 12.8 Å². The fourth-order valence-electron chi connectivity index (χ4n) is 4.13. The maximum Gasteiger partial charge on any atom is 0.237 e. The third-order valence-corrected chi connectivity index (χ3v) is 6.62. The summed E-state index contributed by atoms with van der Waals surface area (Å²) in [5, 5.41) is 36.7. The smallest absolute Gasteiger partial charge is 0.237 e. The molecule has 1 amide bonds. The maximum atomic E-state index is 14.9. The van der Waals surface area contributed by atoms with Crippen molar-refractivity contribution in [3.63, 3.8) is 0 Å². The monoisotopic (exact) mass is 422 g/mol. The van der Waals surface area contributed by atoms with Crippen LogP contribution in [0.15, 0.2) is 0 Å². The molecule has 0 bridgehead atoms. The number of piperidine rings is 1. The standard InChI is InChI=1S/C19H35FN2O5S/c1-5-6-19(20)7-8-21-11(9-19)17(26)22-12(10(2)3)16-14(24)13(23)15(25)18(27-16)28-4/h10-16,18,21,23-25H,5-9H2,1-4H3,(H,22,26). The van der Waals surface area contributed by atoms with Crippen LogP contribution >= 0.6 is 11.8 Å². The van der Waals surface area contributed by atoms with Crippen LogP contribution in [0.5, 0.6) is 0 Å². The summed E-state index contributed by atoms with van der Waals surface area (Å²) >= 11 is 1.23. The molecular weight excluding hydrogens is 387 g/mol. The van der Waals surface area contributed by atoms with E-state index >= 15 is 0 Å². The van der Waals surface area contributed by atoms with Crippen LogP contribution in [-0.2, 0) is 9.53 Å². The Labute approximate surface area is 170 Å². The van der Waals surface area contributed by atoms with Crippen LogP contribution in [0.4, 0.5) is 4.39 Å². The zero-order chi connectivity index (χ0) is 21.1. The Morgan fingerprint density at radius 2 is 2.00 bits per heavy atom. The number of rotatable bonds is 7. The molecule has 0 aromatic heterocycles. The molecule has 8 atom stereocenters. The third kappa shape index (κ3) is 5.37. The van der Waals surface area contributed by atoms with Crippen LogP contribution in [-0.4, -0.2) is 81.6 Å². The van der Waals surface area contributed by atoms with E-state index in [0.29, 0.717) is 19.4 Å². The van der Waals surface area contributed by atoms with Crippen molar-refractivity contribution in [1.82, 2.24) is 10.6 Å². The van der Waals surface area contributed by atoms with Crippen molar-refractivity contribution in [1.29, 1.82) is 0 Å². The predicted octanol–water partition coefficient (Wildman–Crippen LogP) is 0.558. The molecule has 2 aliphatic rings. The molecule has 2 heterocycles. The normalized spacial score (nSPS) is 40.3. The largest absolute Gasteiger partial charge is 0.388 e. The molecule has 0 aromatic rings. The van der Waals surface area contributed by atoms with Gasteiger partial charge in [0, 0.05) is 6.42 Å². The molecule has 0 saturated carbocycles. The Kier molecular flexibility index (Phi) is 8.54. The number of carbonyl (C=O) groups excluding carboxylic acids is 1. The second-order valence-electron chi connectivity index (χ2n) is 8.32. The summed E-state index contributed by atoms with van der Waals surface area (Å²) in [6, 6.07) is -1.25. The number of nitrogens with one attached hydrogen (secondary N) is 2. The number of aliphatic hydroxyl groups excluding tert-OH is 3. The Morgan fingerprint density at radius 3 is 2.57 bits per heavy atom. The van der Waals surface area contributed by atoms with Gasteiger partial charge in [-0.3, -0.25) is 4.79 Å². The molecule has 2 rings (SSSR count). The number of aliphatic hydroxyl groups is 3. The van der Waals surface area contributed by atoms with Crippen LogP contribution in [0.3, 0.4) is 0 Å². The van der Waals surface area contributed by atoms with Crippen molar-refractivity contribution < 1.29 is 29.2 Å². The molecule has 2 saturated heterocycles. The van der Waals surface area contributed by atoms with Gasteiger partial charge in [0.2, 0.25) is 5.91 Å². The minimum absolute atomic E-state index is 0.108. The lowest BCUT2D eigenvalue weighted by Gasteiger charge is -2.44. The maximum absolute atomic E-state index is 14.9. The first-order chi connectivity index (χ1) is 13.1. The molecule has 8 unspecified atom stereocenters. The predicted molar refractivity (Wildman–Crippen MR) is 107 cm³/mol. The van der Waals surface area contributed by atoms with Crippen LogP contribution in [0.25, 0.3) is 0 Å². The van der Waals surface area contributed by atoms with Gasteiger partial charge in [0.15, 0.2) is 0 Å². The third-order valence-electron chi connectivity index (χ3n) is 5.77. The van der Waals surface area contributed by atoms with Crippen molar-refractivity contribution >= 4 is 17.7 Å². The topological polar surface area (TPSA) is 111 Å². The molecule has 2 aliphatic heterocycles. The van der Waals surface area contributed by atoms with E-state index in [2.05, 4.69) is 10.6 Å². The zero-order valence-corrected chi connectivity index (χ0v) is 17.9. The van der Waals surface area contributed by atoms with E-state index in [0.717, 1.165) is 6.42 Å². The van der Waals surface area contributed by atoms with Gasteiger partial charge in [0.05, 0.1) is 12.1 Å². The zero-order valence-electron chi connectivity index (χ0n) is 17.1. The van der Waals surface area contributed by atoms with Crippen molar-refractivity contribution in [3.05, 3.63) is 0 Å². The average Bonchev–Trinajstić information content (AvgIpc) is 2.64. The summed E-state index contributed by atoms with van der Waals surface area (Å²) in [7, 11) is 0. The van der Waals surface area contributed by atoms with E-state index in [1.54, 1.807) is 6.26 Å². The van der Waals surface area contributed by atoms with Crippen LogP contribution in [0, 0.1) is 5.92 Å². The number of alkyl halides is 1. The average molecular weight is 423 g/mol. The molecule has 9 heteroatoms. The summed E-state index contributed by atoms with van der Waals surface area (Å²) in [5.41, 5.74) is -2.06.